The molecule has 0 radical (unpaired) electrons. The number of nitrogens with zero attached hydrogens (tertiary/aromatic N) is 1. The molecule has 2 amide bonds. The molecule has 1 aromatic carbocycles. The van der Waals surface area contributed by atoms with E-state index in [-0.39, 0.29) is 23.5 Å². The molecular formula is C16H21FN2O2. The number of nitrogens with one attached hydrogen (secondary N) is 1. The van der Waals surface area contributed by atoms with Gasteiger partial charge in [-0.1, -0.05) is 26.8 Å². The van der Waals surface area contributed by atoms with Gasteiger partial charge in [-0.3, -0.25) is 14.5 Å². The van der Waals surface area contributed by atoms with E-state index in [1.807, 2.05) is 20.8 Å². The molecule has 1 N–H and O–H groups in total. The van der Waals surface area contributed by atoms with E-state index < -0.39 is 12.1 Å². The fourth-order valence-electron chi connectivity index (χ4n) is 2.59. The predicted molar refractivity (Wildman–Crippen MR) is 79.5 cm³/mol. The van der Waals surface area contributed by atoms with Gasteiger partial charge in [-0.15, -0.1) is 0 Å². The summed E-state index contributed by atoms with van der Waals surface area (Å²) in [6, 6.07) is 3.49. The number of anilines is 1. The maximum Gasteiger partial charge on any atom is 0.250 e. The third-order valence-electron chi connectivity index (χ3n) is 3.90. The molecule has 2 rings (SSSR count). The van der Waals surface area contributed by atoms with Crippen LogP contribution in [0.3, 0.4) is 0 Å². The van der Waals surface area contributed by atoms with Gasteiger partial charge in [0, 0.05) is 5.69 Å². The standard InChI is InChI=1S/C16H21FN2O2/c1-5-13-15(20)18-14(9(2)3)16(21)19(13)11-7-6-10(4)12(17)8-11/h6-9,13-14H,5H2,1-4H3,(H,18,20). The Hall–Kier alpha value is -1.91. The molecule has 114 valence electrons. The molecule has 2 atom stereocenters. The van der Waals surface area contributed by atoms with Crippen molar-refractivity contribution in [2.75, 3.05) is 4.90 Å². The average molecular weight is 292 g/mol. The highest BCUT2D eigenvalue weighted by Crippen LogP contribution is 2.26. The number of hydrogen-bond donors (Lipinski definition) is 1. The largest absolute Gasteiger partial charge is 0.342 e. The molecule has 1 aromatic rings. The Labute approximate surface area is 124 Å². The lowest BCUT2D eigenvalue weighted by Gasteiger charge is -2.40. The van der Waals surface area contributed by atoms with Crippen molar-refractivity contribution in [3.05, 3.63) is 29.6 Å². The number of hydrogen-bond acceptors (Lipinski definition) is 2. The summed E-state index contributed by atoms with van der Waals surface area (Å²) in [4.78, 5) is 26.3. The van der Waals surface area contributed by atoms with E-state index in [2.05, 4.69) is 5.32 Å². The topological polar surface area (TPSA) is 49.4 Å². The van der Waals surface area contributed by atoms with Crippen molar-refractivity contribution in [1.29, 1.82) is 0 Å². The molecule has 0 aromatic heterocycles. The van der Waals surface area contributed by atoms with Crippen LogP contribution in [-0.2, 0) is 9.59 Å². The van der Waals surface area contributed by atoms with Crippen LogP contribution in [0.1, 0.15) is 32.8 Å². The summed E-state index contributed by atoms with van der Waals surface area (Å²) >= 11 is 0. The van der Waals surface area contributed by atoms with Crippen LogP contribution in [0.15, 0.2) is 18.2 Å². The average Bonchev–Trinajstić information content (AvgIpc) is 2.43. The lowest BCUT2D eigenvalue weighted by molar-refractivity contribution is -0.134. The fraction of sp³-hybridized carbons (Fsp3) is 0.500. The minimum Gasteiger partial charge on any atom is -0.342 e. The number of carbonyl (C=O) groups excluding carboxylic acids is 2. The third-order valence-corrected chi connectivity index (χ3v) is 3.90. The Balaban J connectivity index is 2.46. The monoisotopic (exact) mass is 292 g/mol. The first kappa shape index (κ1) is 15.5. The first-order valence-corrected chi connectivity index (χ1v) is 7.26. The minimum atomic E-state index is -0.588. The van der Waals surface area contributed by atoms with Gasteiger partial charge in [-0.25, -0.2) is 4.39 Å². The van der Waals surface area contributed by atoms with Gasteiger partial charge in [-0.2, -0.15) is 0 Å². The van der Waals surface area contributed by atoms with E-state index in [1.165, 1.54) is 11.0 Å². The van der Waals surface area contributed by atoms with Crippen molar-refractivity contribution >= 4 is 17.5 Å². The van der Waals surface area contributed by atoms with Crippen LogP contribution in [-0.4, -0.2) is 23.9 Å². The van der Waals surface area contributed by atoms with E-state index >= 15 is 0 Å². The normalized spacial score (nSPS) is 22.7. The molecule has 21 heavy (non-hydrogen) atoms. The summed E-state index contributed by atoms with van der Waals surface area (Å²) in [5.74, 6) is -0.754. The van der Waals surface area contributed by atoms with Crippen LogP contribution in [0.2, 0.25) is 0 Å². The first-order valence-electron chi connectivity index (χ1n) is 7.26. The highest BCUT2D eigenvalue weighted by molar-refractivity contribution is 6.08. The van der Waals surface area contributed by atoms with Crippen LogP contribution in [0.5, 0.6) is 0 Å². The SMILES string of the molecule is CCC1C(=O)NC(C(C)C)C(=O)N1c1ccc(C)c(F)c1. The Morgan fingerprint density at radius 1 is 1.33 bits per heavy atom. The maximum absolute atomic E-state index is 13.8. The molecule has 1 fully saturated rings. The quantitative estimate of drug-likeness (QED) is 0.930. The second-order valence-corrected chi connectivity index (χ2v) is 5.80. The summed E-state index contributed by atoms with van der Waals surface area (Å²) in [5, 5.41) is 2.77. The molecule has 1 heterocycles. The van der Waals surface area contributed by atoms with Gasteiger partial charge in [-0.05, 0) is 37.0 Å². The number of rotatable bonds is 3. The minimum absolute atomic E-state index is 0.0166. The van der Waals surface area contributed by atoms with Gasteiger partial charge in [0.25, 0.3) is 5.91 Å². The van der Waals surface area contributed by atoms with Crippen molar-refractivity contribution in [2.24, 2.45) is 5.92 Å². The molecule has 1 aliphatic heterocycles. The Morgan fingerprint density at radius 3 is 2.52 bits per heavy atom. The molecule has 0 aliphatic carbocycles. The molecular weight excluding hydrogens is 271 g/mol. The predicted octanol–water partition coefficient (Wildman–Crippen LogP) is 2.40. The number of amides is 2. The zero-order valence-electron chi connectivity index (χ0n) is 12.8. The highest BCUT2D eigenvalue weighted by Gasteiger charge is 2.41. The number of aryl methyl sites for hydroxylation is 1. The van der Waals surface area contributed by atoms with Crippen molar-refractivity contribution < 1.29 is 14.0 Å². The van der Waals surface area contributed by atoms with E-state index in [9.17, 15) is 14.0 Å². The van der Waals surface area contributed by atoms with Gasteiger partial charge in [0.2, 0.25) is 5.91 Å². The molecule has 1 saturated heterocycles. The van der Waals surface area contributed by atoms with Gasteiger partial charge in [0.1, 0.15) is 17.9 Å². The summed E-state index contributed by atoms with van der Waals surface area (Å²) in [6.07, 6.45) is 0.484. The molecule has 5 heteroatoms. The van der Waals surface area contributed by atoms with Gasteiger partial charge >= 0.3 is 0 Å². The first-order chi connectivity index (χ1) is 9.86. The zero-order valence-corrected chi connectivity index (χ0v) is 12.8. The van der Waals surface area contributed by atoms with E-state index in [0.29, 0.717) is 17.7 Å². The zero-order chi connectivity index (χ0) is 15.7. The molecule has 1 aliphatic rings. The maximum atomic E-state index is 13.8. The fourth-order valence-corrected chi connectivity index (χ4v) is 2.59. The van der Waals surface area contributed by atoms with Crippen molar-refractivity contribution in [3.8, 4) is 0 Å². The molecule has 0 bridgehead atoms. The van der Waals surface area contributed by atoms with Crippen LogP contribution in [0.25, 0.3) is 0 Å². The van der Waals surface area contributed by atoms with Crippen molar-refractivity contribution in [2.45, 2.75) is 46.2 Å². The number of benzene rings is 1. The highest BCUT2D eigenvalue weighted by atomic mass is 19.1. The van der Waals surface area contributed by atoms with Crippen LogP contribution >= 0.6 is 0 Å². The lowest BCUT2D eigenvalue weighted by atomic mass is 9.96. The molecule has 4 nitrogen and oxygen atoms in total. The van der Waals surface area contributed by atoms with E-state index in [1.54, 1.807) is 19.1 Å². The Kier molecular flexibility index (Phi) is 4.30. The number of piperazine rings is 1. The van der Waals surface area contributed by atoms with Gasteiger partial charge in [0.05, 0.1) is 0 Å². The van der Waals surface area contributed by atoms with E-state index in [4.69, 9.17) is 0 Å². The van der Waals surface area contributed by atoms with Gasteiger partial charge in [0.15, 0.2) is 0 Å². The van der Waals surface area contributed by atoms with Crippen LogP contribution in [0, 0.1) is 18.7 Å². The summed E-state index contributed by atoms with van der Waals surface area (Å²) in [6.45, 7) is 7.26. The second-order valence-electron chi connectivity index (χ2n) is 5.80. The lowest BCUT2D eigenvalue weighted by Crippen LogP contribution is -2.65. The van der Waals surface area contributed by atoms with Crippen molar-refractivity contribution in [3.63, 3.8) is 0 Å². The summed E-state index contributed by atoms with van der Waals surface area (Å²) in [7, 11) is 0. The number of halogens is 1. The summed E-state index contributed by atoms with van der Waals surface area (Å²) < 4.78 is 13.8. The summed E-state index contributed by atoms with van der Waals surface area (Å²) in [5.41, 5.74) is 0.955. The molecule has 0 spiro atoms. The smallest absolute Gasteiger partial charge is 0.250 e. The Bertz CT molecular complexity index is 571. The molecule has 0 saturated carbocycles. The Morgan fingerprint density at radius 2 is 2.00 bits per heavy atom. The van der Waals surface area contributed by atoms with Crippen LogP contribution in [0.4, 0.5) is 10.1 Å². The number of carbonyl (C=O) groups is 2. The van der Waals surface area contributed by atoms with Gasteiger partial charge < -0.3 is 5.32 Å². The molecule has 2 unspecified atom stereocenters. The third kappa shape index (κ3) is 2.77. The van der Waals surface area contributed by atoms with E-state index in [0.717, 1.165) is 0 Å². The van der Waals surface area contributed by atoms with Crippen molar-refractivity contribution in [1.82, 2.24) is 5.32 Å². The second kappa shape index (κ2) is 5.84. The van der Waals surface area contributed by atoms with Crippen LogP contribution < -0.4 is 10.2 Å².